The van der Waals surface area contributed by atoms with Crippen molar-refractivity contribution in [1.29, 1.82) is 0 Å². The van der Waals surface area contributed by atoms with Crippen molar-refractivity contribution in [2.45, 2.75) is 38.1 Å². The van der Waals surface area contributed by atoms with Gasteiger partial charge in [-0.1, -0.05) is 15.9 Å². The lowest BCUT2D eigenvalue weighted by molar-refractivity contribution is -0.0433. The number of hydrogen-bond acceptors (Lipinski definition) is 8. The van der Waals surface area contributed by atoms with Crippen LogP contribution in [0, 0.1) is 0 Å². The molecule has 2 atom stereocenters. The fourth-order valence-electron chi connectivity index (χ4n) is 3.97. The third-order valence-electron chi connectivity index (χ3n) is 5.58. The third-order valence-corrected chi connectivity index (χ3v) is 6.32. The van der Waals surface area contributed by atoms with Crippen LogP contribution in [0.25, 0.3) is 0 Å². The molecule has 1 aromatic heterocycles. The first-order chi connectivity index (χ1) is 14.6. The summed E-state index contributed by atoms with van der Waals surface area (Å²) in [5.41, 5.74) is 1.17. The Labute approximate surface area is 181 Å². The number of aliphatic hydroxyl groups excluding tert-OH is 1. The van der Waals surface area contributed by atoms with Gasteiger partial charge in [0.25, 0.3) is 0 Å². The van der Waals surface area contributed by atoms with Crippen LogP contribution in [0.15, 0.2) is 27.6 Å². The first kappa shape index (κ1) is 19.7. The van der Waals surface area contributed by atoms with Crippen LogP contribution in [0.4, 0.5) is 5.69 Å². The molecular weight excluding hydrogens is 458 g/mol. The molecule has 1 fully saturated rings. The van der Waals surface area contributed by atoms with Crippen LogP contribution in [0.2, 0.25) is 0 Å². The summed E-state index contributed by atoms with van der Waals surface area (Å²) in [7, 11) is 0. The van der Waals surface area contributed by atoms with E-state index in [0.29, 0.717) is 36.8 Å². The summed E-state index contributed by atoms with van der Waals surface area (Å²) in [5.74, 6) is 1.61. The van der Waals surface area contributed by atoms with Gasteiger partial charge in [-0.25, -0.2) is 0 Å². The van der Waals surface area contributed by atoms with Crippen molar-refractivity contribution in [2.75, 3.05) is 31.5 Å². The number of rotatable bonds is 4. The second-order valence-electron chi connectivity index (χ2n) is 7.46. The molecule has 5 rings (SSSR count). The highest BCUT2D eigenvalue weighted by atomic mass is 79.9. The Hall–Kier alpha value is -2.30. The molecule has 0 aliphatic carbocycles. The number of halogens is 1. The minimum absolute atomic E-state index is 0.0140. The highest BCUT2D eigenvalue weighted by molar-refractivity contribution is 9.10. The van der Waals surface area contributed by atoms with Gasteiger partial charge in [-0.2, -0.15) is 9.78 Å². The topological polar surface area (TPSA) is 95.3 Å². The van der Waals surface area contributed by atoms with Crippen LogP contribution in [-0.2, 0) is 11.2 Å². The van der Waals surface area contributed by atoms with E-state index in [2.05, 4.69) is 21.0 Å². The maximum Gasteiger partial charge on any atom is 0.313 e. The number of ether oxygens (including phenoxy) is 4. The van der Waals surface area contributed by atoms with Gasteiger partial charge in [-0.05, 0) is 43.4 Å². The molecule has 4 heterocycles. The number of benzene rings is 1. The van der Waals surface area contributed by atoms with Crippen molar-refractivity contribution in [2.24, 2.45) is 0 Å². The maximum atomic E-state index is 13.0. The molecule has 0 radical (unpaired) electrons. The molecular formula is C20H22BrN3O6. The molecule has 10 heteroatoms. The van der Waals surface area contributed by atoms with E-state index in [0.717, 1.165) is 29.3 Å². The van der Waals surface area contributed by atoms with Gasteiger partial charge in [0.1, 0.15) is 12.3 Å². The van der Waals surface area contributed by atoms with Gasteiger partial charge >= 0.3 is 5.56 Å². The molecule has 1 saturated heterocycles. The van der Waals surface area contributed by atoms with Crippen LogP contribution in [-0.4, -0.2) is 47.7 Å². The quantitative estimate of drug-likeness (QED) is 0.712. The minimum atomic E-state index is -0.867. The standard InChI is InChI=1S/C20H22BrN3O6/c21-13-8-16-15(29-11-30-16)7-12(13)4-5-23-14-9-22-24(18-3-1-2-6-27-18)20(26)19(14)28-10-17(23)25/h7-9,17-18,25H,1-6,10-11H2. The van der Waals surface area contributed by atoms with Gasteiger partial charge in [0.2, 0.25) is 12.5 Å². The zero-order chi connectivity index (χ0) is 20.7. The minimum Gasteiger partial charge on any atom is -0.481 e. The highest BCUT2D eigenvalue weighted by Gasteiger charge is 2.31. The monoisotopic (exact) mass is 479 g/mol. The van der Waals surface area contributed by atoms with Crippen molar-refractivity contribution in [3.05, 3.63) is 38.7 Å². The number of anilines is 1. The van der Waals surface area contributed by atoms with Crippen molar-refractivity contribution in [1.82, 2.24) is 9.78 Å². The van der Waals surface area contributed by atoms with Crippen molar-refractivity contribution < 1.29 is 24.1 Å². The van der Waals surface area contributed by atoms with E-state index in [-0.39, 0.29) is 30.9 Å². The van der Waals surface area contributed by atoms with Crippen molar-refractivity contribution in [3.63, 3.8) is 0 Å². The number of nitrogens with zero attached hydrogens (tertiary/aromatic N) is 3. The second kappa shape index (κ2) is 8.09. The first-order valence-electron chi connectivity index (χ1n) is 10.0. The zero-order valence-electron chi connectivity index (χ0n) is 16.3. The number of fused-ring (bicyclic) bond motifs is 2. The Morgan fingerprint density at radius 3 is 2.83 bits per heavy atom. The summed E-state index contributed by atoms with van der Waals surface area (Å²) >= 11 is 3.57. The van der Waals surface area contributed by atoms with Gasteiger partial charge in [0.05, 0.1) is 6.20 Å². The SMILES string of the molecule is O=c1c2c(cnn1C1CCCCO1)N(CCc1cc3c(cc1Br)OCO3)C(O)CO2. The molecule has 0 amide bonds. The van der Waals surface area contributed by atoms with Gasteiger partial charge in [-0.15, -0.1) is 0 Å². The Morgan fingerprint density at radius 2 is 2.03 bits per heavy atom. The number of hydrogen-bond donors (Lipinski definition) is 1. The molecule has 0 spiro atoms. The predicted molar refractivity (Wildman–Crippen MR) is 110 cm³/mol. The summed E-state index contributed by atoms with van der Waals surface area (Å²) in [6, 6.07) is 3.81. The third kappa shape index (κ3) is 3.52. The fraction of sp³-hybridized carbons (Fsp3) is 0.500. The average molecular weight is 480 g/mol. The first-order valence-corrected chi connectivity index (χ1v) is 10.8. The van der Waals surface area contributed by atoms with E-state index in [1.807, 2.05) is 12.1 Å². The second-order valence-corrected chi connectivity index (χ2v) is 8.32. The van der Waals surface area contributed by atoms with Crippen molar-refractivity contribution in [3.8, 4) is 17.2 Å². The molecule has 1 N–H and O–H groups in total. The van der Waals surface area contributed by atoms with Gasteiger partial charge in [0.15, 0.2) is 24.0 Å². The fourth-order valence-corrected chi connectivity index (χ4v) is 4.49. The number of aliphatic hydroxyl groups is 1. The largest absolute Gasteiger partial charge is 0.481 e. The van der Waals surface area contributed by atoms with Crippen LogP contribution >= 0.6 is 15.9 Å². The summed E-state index contributed by atoms with van der Waals surface area (Å²) in [4.78, 5) is 14.7. The molecule has 160 valence electrons. The molecule has 9 nitrogen and oxygen atoms in total. The summed E-state index contributed by atoms with van der Waals surface area (Å²) in [6.45, 7) is 1.32. The lowest BCUT2D eigenvalue weighted by Gasteiger charge is -2.35. The van der Waals surface area contributed by atoms with Gasteiger partial charge < -0.3 is 29.0 Å². The Morgan fingerprint density at radius 1 is 1.20 bits per heavy atom. The maximum absolute atomic E-state index is 13.0. The highest BCUT2D eigenvalue weighted by Crippen LogP contribution is 2.38. The van der Waals surface area contributed by atoms with Crippen LogP contribution < -0.4 is 24.7 Å². The van der Waals surface area contributed by atoms with E-state index in [9.17, 15) is 9.90 Å². The van der Waals surface area contributed by atoms with E-state index in [4.69, 9.17) is 18.9 Å². The van der Waals surface area contributed by atoms with Crippen LogP contribution in [0.3, 0.4) is 0 Å². The van der Waals surface area contributed by atoms with Gasteiger partial charge in [-0.3, -0.25) is 4.79 Å². The summed E-state index contributed by atoms with van der Waals surface area (Å²) in [5, 5.41) is 14.8. The lowest BCUT2D eigenvalue weighted by Crippen LogP contribution is -2.46. The van der Waals surface area contributed by atoms with E-state index in [1.165, 1.54) is 4.68 Å². The van der Waals surface area contributed by atoms with E-state index < -0.39 is 6.23 Å². The van der Waals surface area contributed by atoms with Crippen molar-refractivity contribution >= 4 is 21.6 Å². The Bertz CT molecular complexity index is 1010. The molecule has 3 aliphatic rings. The Balaban J connectivity index is 1.39. The average Bonchev–Trinajstić information content (AvgIpc) is 3.21. The lowest BCUT2D eigenvalue weighted by atomic mass is 10.1. The van der Waals surface area contributed by atoms with Gasteiger partial charge in [0, 0.05) is 17.6 Å². The molecule has 3 aliphatic heterocycles. The molecule has 0 bridgehead atoms. The zero-order valence-corrected chi connectivity index (χ0v) is 17.8. The smallest absolute Gasteiger partial charge is 0.313 e. The van der Waals surface area contributed by atoms with Crippen LogP contribution in [0.1, 0.15) is 31.1 Å². The molecule has 1 aromatic carbocycles. The normalized spacial score (nSPS) is 22.5. The Kier molecular flexibility index (Phi) is 5.30. The molecule has 0 saturated carbocycles. The predicted octanol–water partition coefficient (Wildman–Crippen LogP) is 2.19. The summed E-state index contributed by atoms with van der Waals surface area (Å²) in [6.07, 6.45) is 3.68. The molecule has 30 heavy (non-hydrogen) atoms. The molecule has 2 aromatic rings. The molecule has 2 unspecified atom stereocenters. The van der Waals surface area contributed by atoms with E-state index >= 15 is 0 Å². The summed E-state index contributed by atoms with van der Waals surface area (Å²) < 4.78 is 24.4. The van der Waals surface area contributed by atoms with Crippen LogP contribution in [0.5, 0.6) is 17.2 Å². The van der Waals surface area contributed by atoms with E-state index in [1.54, 1.807) is 11.1 Å². The number of aromatic nitrogens is 2.